The van der Waals surface area contributed by atoms with Gasteiger partial charge >= 0.3 is 0 Å². The van der Waals surface area contributed by atoms with Crippen molar-refractivity contribution in [2.75, 3.05) is 6.54 Å². The molecule has 51 valence electrons. The fraction of sp³-hybridized carbons (Fsp3) is 0.375. The number of carbonyl (C=O) groups is 1. The van der Waals surface area contributed by atoms with Crippen molar-refractivity contribution in [3.8, 4) is 0 Å². The molecule has 1 N–H and O–H groups in total. The average molecular weight is 134 g/mol. The molecule has 1 heterocycles. The van der Waals surface area contributed by atoms with E-state index >= 15 is 0 Å². The molecule has 0 aromatic carbocycles. The Morgan fingerprint density at radius 3 is 3.40 bits per heavy atom. The van der Waals surface area contributed by atoms with Gasteiger partial charge in [0.15, 0.2) is 0 Å². The number of fused-ring (bicyclic) bond motifs is 1. The van der Waals surface area contributed by atoms with Crippen molar-refractivity contribution in [1.82, 2.24) is 5.32 Å². The van der Waals surface area contributed by atoms with Crippen molar-refractivity contribution in [1.29, 1.82) is 0 Å². The Bertz CT molecular complexity index is 217. The Balaban J connectivity index is 2.27. The SMILES string of the molecule is O=C1NCC2C=C[C]=CC12. The third-order valence-electron chi connectivity index (χ3n) is 1.99. The summed E-state index contributed by atoms with van der Waals surface area (Å²) in [6.45, 7) is 0.790. The lowest BCUT2D eigenvalue weighted by molar-refractivity contribution is -0.121. The van der Waals surface area contributed by atoms with E-state index in [-0.39, 0.29) is 11.8 Å². The molecule has 0 aromatic heterocycles. The molecule has 1 amide bonds. The highest BCUT2D eigenvalue weighted by atomic mass is 16.2. The monoisotopic (exact) mass is 134 g/mol. The molecular formula is C8H8NO. The van der Waals surface area contributed by atoms with Crippen LogP contribution in [-0.4, -0.2) is 12.5 Å². The molecule has 2 nitrogen and oxygen atoms in total. The van der Waals surface area contributed by atoms with Crippen molar-refractivity contribution in [2.45, 2.75) is 0 Å². The van der Waals surface area contributed by atoms with Gasteiger partial charge < -0.3 is 5.32 Å². The van der Waals surface area contributed by atoms with Gasteiger partial charge in [-0.05, 0) is 6.08 Å². The van der Waals surface area contributed by atoms with E-state index in [2.05, 4.69) is 11.4 Å². The highest BCUT2D eigenvalue weighted by Gasteiger charge is 2.31. The van der Waals surface area contributed by atoms with E-state index in [9.17, 15) is 4.79 Å². The van der Waals surface area contributed by atoms with Gasteiger partial charge in [-0.2, -0.15) is 0 Å². The van der Waals surface area contributed by atoms with Crippen LogP contribution >= 0.6 is 0 Å². The number of hydrogen-bond acceptors (Lipinski definition) is 1. The van der Waals surface area contributed by atoms with Crippen LogP contribution in [0.4, 0.5) is 0 Å². The van der Waals surface area contributed by atoms with Crippen molar-refractivity contribution in [3.63, 3.8) is 0 Å². The molecule has 1 saturated heterocycles. The van der Waals surface area contributed by atoms with Crippen molar-refractivity contribution >= 4 is 5.91 Å². The maximum absolute atomic E-state index is 11.0. The van der Waals surface area contributed by atoms with Gasteiger partial charge in [0.1, 0.15) is 0 Å². The van der Waals surface area contributed by atoms with Crippen LogP contribution in [0.25, 0.3) is 0 Å². The first-order chi connectivity index (χ1) is 4.88. The second-order valence-electron chi connectivity index (χ2n) is 2.63. The van der Waals surface area contributed by atoms with Gasteiger partial charge in [-0.3, -0.25) is 4.79 Å². The lowest BCUT2D eigenvalue weighted by Gasteiger charge is -2.09. The number of allylic oxidation sites excluding steroid dienone is 2. The zero-order valence-corrected chi connectivity index (χ0v) is 5.50. The largest absolute Gasteiger partial charge is 0.355 e. The van der Waals surface area contributed by atoms with Gasteiger partial charge in [-0.1, -0.05) is 18.2 Å². The summed E-state index contributed by atoms with van der Waals surface area (Å²) < 4.78 is 0. The highest BCUT2D eigenvalue weighted by molar-refractivity contribution is 5.83. The predicted octanol–water partition coefficient (Wildman–Crippen LogP) is 0.278. The van der Waals surface area contributed by atoms with Crippen LogP contribution in [0, 0.1) is 17.9 Å². The number of amides is 1. The van der Waals surface area contributed by atoms with Gasteiger partial charge in [0.25, 0.3) is 0 Å². The molecule has 2 rings (SSSR count). The molecule has 1 aliphatic carbocycles. The molecule has 2 aliphatic rings. The minimum Gasteiger partial charge on any atom is -0.355 e. The Morgan fingerprint density at radius 1 is 1.70 bits per heavy atom. The summed E-state index contributed by atoms with van der Waals surface area (Å²) in [6.07, 6.45) is 8.67. The van der Waals surface area contributed by atoms with E-state index in [4.69, 9.17) is 0 Å². The number of nitrogens with one attached hydrogen (secondary N) is 1. The molecule has 2 unspecified atom stereocenters. The van der Waals surface area contributed by atoms with E-state index in [1.54, 1.807) is 0 Å². The van der Waals surface area contributed by atoms with Crippen LogP contribution in [0.5, 0.6) is 0 Å². The predicted molar refractivity (Wildman–Crippen MR) is 36.9 cm³/mol. The molecule has 0 spiro atoms. The van der Waals surface area contributed by atoms with Crippen LogP contribution < -0.4 is 5.32 Å². The maximum Gasteiger partial charge on any atom is 0.227 e. The fourth-order valence-electron chi connectivity index (χ4n) is 1.38. The quantitative estimate of drug-likeness (QED) is 0.506. The minimum atomic E-state index is 0.0602. The first-order valence-corrected chi connectivity index (χ1v) is 3.42. The fourth-order valence-corrected chi connectivity index (χ4v) is 1.38. The molecule has 10 heavy (non-hydrogen) atoms. The van der Waals surface area contributed by atoms with Gasteiger partial charge in [0, 0.05) is 12.5 Å². The molecule has 1 fully saturated rings. The highest BCUT2D eigenvalue weighted by Crippen LogP contribution is 2.22. The minimum absolute atomic E-state index is 0.0602. The Hall–Kier alpha value is -1.05. The van der Waals surface area contributed by atoms with Crippen molar-refractivity contribution in [2.24, 2.45) is 11.8 Å². The van der Waals surface area contributed by atoms with Crippen LogP contribution in [0.15, 0.2) is 18.2 Å². The molecule has 0 bridgehead atoms. The second-order valence-corrected chi connectivity index (χ2v) is 2.63. The van der Waals surface area contributed by atoms with E-state index in [1.165, 1.54) is 0 Å². The van der Waals surface area contributed by atoms with Crippen LogP contribution in [0.2, 0.25) is 0 Å². The zero-order chi connectivity index (χ0) is 6.97. The summed E-state index contributed by atoms with van der Waals surface area (Å²) in [5.41, 5.74) is 0. The van der Waals surface area contributed by atoms with E-state index in [0.29, 0.717) is 5.92 Å². The van der Waals surface area contributed by atoms with Crippen molar-refractivity contribution < 1.29 is 4.79 Å². The number of rotatable bonds is 0. The summed E-state index contributed by atoms with van der Waals surface area (Å²) >= 11 is 0. The maximum atomic E-state index is 11.0. The van der Waals surface area contributed by atoms with E-state index in [1.807, 2.05) is 18.2 Å². The molecule has 2 atom stereocenters. The van der Waals surface area contributed by atoms with Gasteiger partial charge in [-0.15, -0.1) is 0 Å². The molecule has 0 aromatic rings. The Kier molecular flexibility index (Phi) is 1.13. The van der Waals surface area contributed by atoms with Crippen LogP contribution in [0.1, 0.15) is 0 Å². The summed E-state index contributed by atoms with van der Waals surface area (Å²) in [5, 5.41) is 2.80. The third kappa shape index (κ3) is 0.685. The summed E-state index contributed by atoms with van der Waals surface area (Å²) in [4.78, 5) is 11.0. The lowest BCUT2D eigenvalue weighted by atomic mass is 9.92. The zero-order valence-electron chi connectivity index (χ0n) is 5.50. The molecular weight excluding hydrogens is 126 g/mol. The first-order valence-electron chi connectivity index (χ1n) is 3.42. The van der Waals surface area contributed by atoms with Crippen LogP contribution in [-0.2, 0) is 4.79 Å². The molecule has 1 radical (unpaired) electrons. The van der Waals surface area contributed by atoms with Crippen LogP contribution in [0.3, 0.4) is 0 Å². The molecule has 0 saturated carbocycles. The normalized spacial score (nSPS) is 35.8. The van der Waals surface area contributed by atoms with Crippen molar-refractivity contribution in [3.05, 3.63) is 24.3 Å². The number of carbonyl (C=O) groups excluding carboxylic acids is 1. The molecule has 2 heteroatoms. The Labute approximate surface area is 59.6 Å². The standard InChI is InChI=1S/C8H8NO/c10-8-7-4-2-1-3-6(7)5-9-8/h1,3-4,6-7H,5H2,(H,9,10). The third-order valence-corrected chi connectivity index (χ3v) is 1.99. The number of hydrogen-bond donors (Lipinski definition) is 1. The summed E-state index contributed by atoms with van der Waals surface area (Å²) in [6, 6.07) is 0. The lowest BCUT2D eigenvalue weighted by Crippen LogP contribution is -2.18. The van der Waals surface area contributed by atoms with Gasteiger partial charge in [-0.25, -0.2) is 0 Å². The topological polar surface area (TPSA) is 29.1 Å². The smallest absolute Gasteiger partial charge is 0.227 e. The summed E-state index contributed by atoms with van der Waals surface area (Å²) in [5.74, 6) is 0.584. The summed E-state index contributed by atoms with van der Waals surface area (Å²) in [7, 11) is 0. The van der Waals surface area contributed by atoms with Gasteiger partial charge in [0.05, 0.1) is 5.92 Å². The van der Waals surface area contributed by atoms with Gasteiger partial charge in [0.2, 0.25) is 5.91 Å². The average Bonchev–Trinajstić information content (AvgIpc) is 2.34. The van der Waals surface area contributed by atoms with E-state index < -0.39 is 0 Å². The van der Waals surface area contributed by atoms with E-state index in [0.717, 1.165) is 6.54 Å². The first kappa shape index (κ1) is 5.71. The Morgan fingerprint density at radius 2 is 2.60 bits per heavy atom. The second kappa shape index (κ2) is 1.97. The molecule has 1 aliphatic heterocycles.